The number of nitrogens with zero attached hydrogens (tertiary/aromatic N) is 2. The summed E-state index contributed by atoms with van der Waals surface area (Å²) in [4.78, 5) is 16.7. The van der Waals surface area contributed by atoms with Crippen LogP contribution in [0, 0.1) is 12.3 Å². The highest BCUT2D eigenvalue weighted by atomic mass is 79.9. The molecule has 0 aliphatic heterocycles. The largest absolute Gasteiger partial charge is 0.481 e. The van der Waals surface area contributed by atoms with Crippen molar-refractivity contribution in [1.29, 1.82) is 0 Å². The molecule has 0 saturated carbocycles. The van der Waals surface area contributed by atoms with Gasteiger partial charge in [-0.15, -0.1) is 6.42 Å². The van der Waals surface area contributed by atoms with Gasteiger partial charge in [-0.25, -0.2) is 5.43 Å². The second-order valence-corrected chi connectivity index (χ2v) is 6.86. The van der Waals surface area contributed by atoms with Crippen LogP contribution in [0.3, 0.4) is 0 Å². The second-order valence-electron chi connectivity index (χ2n) is 6.00. The summed E-state index contributed by atoms with van der Waals surface area (Å²) in [5, 5.41) is 4.94. The Morgan fingerprint density at radius 1 is 1.34 bits per heavy atom. The van der Waals surface area contributed by atoms with Gasteiger partial charge in [-0.05, 0) is 37.3 Å². The first kappa shape index (κ1) is 20.4. The molecule has 0 bridgehead atoms. The topological polar surface area (TPSA) is 72.8 Å². The smallest absolute Gasteiger partial charge is 0.280 e. The molecule has 0 spiro atoms. The van der Waals surface area contributed by atoms with Crippen LogP contribution in [0.15, 0.2) is 64.3 Å². The molecule has 0 aliphatic rings. The van der Waals surface area contributed by atoms with Crippen molar-refractivity contribution in [3.63, 3.8) is 0 Å². The number of rotatable bonds is 7. The Bertz CT molecular complexity index is 1090. The molecule has 1 N–H and O–H groups in total. The molecule has 1 aromatic heterocycles. The zero-order valence-corrected chi connectivity index (χ0v) is 17.2. The van der Waals surface area contributed by atoms with Crippen molar-refractivity contribution in [1.82, 2.24) is 10.4 Å². The molecule has 6 nitrogen and oxygen atoms in total. The van der Waals surface area contributed by atoms with Crippen molar-refractivity contribution < 1.29 is 14.3 Å². The zero-order valence-electron chi connectivity index (χ0n) is 15.6. The van der Waals surface area contributed by atoms with E-state index in [4.69, 9.17) is 15.9 Å². The van der Waals surface area contributed by atoms with Crippen LogP contribution in [0.1, 0.15) is 12.5 Å². The molecule has 1 atom stereocenters. The van der Waals surface area contributed by atoms with Gasteiger partial charge in [-0.2, -0.15) is 5.10 Å². The second kappa shape index (κ2) is 9.71. The van der Waals surface area contributed by atoms with Gasteiger partial charge >= 0.3 is 0 Å². The van der Waals surface area contributed by atoms with Crippen molar-refractivity contribution >= 4 is 39.0 Å². The minimum atomic E-state index is -0.756. The van der Waals surface area contributed by atoms with E-state index in [1.807, 2.05) is 30.3 Å². The maximum absolute atomic E-state index is 12.3. The molecule has 0 fully saturated rings. The van der Waals surface area contributed by atoms with Crippen LogP contribution < -0.4 is 14.9 Å². The fraction of sp³-hybridized carbons (Fsp3) is 0.136. The number of halogens is 1. The molecule has 29 heavy (non-hydrogen) atoms. The van der Waals surface area contributed by atoms with E-state index in [-0.39, 0.29) is 12.5 Å². The number of hydrazone groups is 1. The van der Waals surface area contributed by atoms with Gasteiger partial charge in [0.2, 0.25) is 0 Å². The first-order valence-electron chi connectivity index (χ1n) is 8.77. The van der Waals surface area contributed by atoms with Crippen molar-refractivity contribution in [2.45, 2.75) is 13.0 Å². The predicted molar refractivity (Wildman–Crippen MR) is 116 cm³/mol. The Hall–Kier alpha value is -3.37. The van der Waals surface area contributed by atoms with Crippen molar-refractivity contribution in [2.24, 2.45) is 5.10 Å². The molecule has 0 radical (unpaired) electrons. The number of benzene rings is 2. The first-order chi connectivity index (χ1) is 14.1. The van der Waals surface area contributed by atoms with Gasteiger partial charge in [-0.1, -0.05) is 40.0 Å². The van der Waals surface area contributed by atoms with Crippen LogP contribution in [0.25, 0.3) is 10.9 Å². The lowest BCUT2D eigenvalue weighted by Gasteiger charge is -2.14. The number of nitrogens with one attached hydrogen (secondary N) is 1. The van der Waals surface area contributed by atoms with E-state index in [9.17, 15) is 4.79 Å². The Morgan fingerprint density at radius 3 is 3.00 bits per heavy atom. The summed E-state index contributed by atoms with van der Waals surface area (Å²) in [7, 11) is 0. The van der Waals surface area contributed by atoms with Gasteiger partial charge in [0.25, 0.3) is 5.91 Å². The lowest BCUT2D eigenvalue weighted by molar-refractivity contribution is -0.127. The van der Waals surface area contributed by atoms with E-state index >= 15 is 0 Å². The van der Waals surface area contributed by atoms with E-state index < -0.39 is 6.10 Å². The third kappa shape index (κ3) is 5.33. The van der Waals surface area contributed by atoms with Crippen LogP contribution in [-0.4, -0.2) is 29.8 Å². The van der Waals surface area contributed by atoms with Crippen LogP contribution in [0.5, 0.6) is 11.5 Å². The average Bonchev–Trinajstić information content (AvgIpc) is 2.74. The monoisotopic (exact) mass is 451 g/mol. The quantitative estimate of drug-likeness (QED) is 0.335. The normalized spacial score (nSPS) is 11.8. The Labute approximate surface area is 177 Å². The molecule has 0 saturated heterocycles. The molecule has 146 valence electrons. The summed E-state index contributed by atoms with van der Waals surface area (Å²) < 4.78 is 12.0. The maximum atomic E-state index is 12.3. The number of pyridine rings is 1. The van der Waals surface area contributed by atoms with Crippen LogP contribution in [0.4, 0.5) is 0 Å². The fourth-order valence-corrected chi connectivity index (χ4v) is 2.86. The first-order valence-corrected chi connectivity index (χ1v) is 9.57. The number of aromatic nitrogens is 1. The number of carbonyl (C=O) groups excluding carboxylic acids is 1. The number of hydrogen-bond acceptors (Lipinski definition) is 5. The average molecular weight is 452 g/mol. The maximum Gasteiger partial charge on any atom is 0.280 e. The number of terminal acetylenes is 1. The van der Waals surface area contributed by atoms with Gasteiger partial charge in [0.1, 0.15) is 23.6 Å². The summed E-state index contributed by atoms with van der Waals surface area (Å²) >= 11 is 3.43. The van der Waals surface area contributed by atoms with Gasteiger partial charge < -0.3 is 9.47 Å². The predicted octanol–water partition coefficient (Wildman–Crippen LogP) is 3.93. The van der Waals surface area contributed by atoms with Gasteiger partial charge in [0.15, 0.2) is 6.10 Å². The summed E-state index contributed by atoms with van der Waals surface area (Å²) in [6.07, 6.45) is 7.64. The molecule has 3 rings (SSSR count). The minimum Gasteiger partial charge on any atom is -0.481 e. The standard InChI is InChI=1S/C22H18BrN3O3/c1-3-12-28-18-9-10-19(23)17(13-18)14-25-26-22(27)15(2)29-20-8-4-6-16-7-5-11-24-21(16)20/h1,4-11,13-15H,12H2,2H3,(H,26,27)/b25-14-/t15-/m1/s1. The molecule has 1 heterocycles. The number of carbonyl (C=O) groups is 1. The Morgan fingerprint density at radius 2 is 2.17 bits per heavy atom. The molecule has 3 aromatic rings. The van der Waals surface area contributed by atoms with Crippen molar-refractivity contribution in [3.05, 3.63) is 64.8 Å². The number of fused-ring (bicyclic) bond motifs is 1. The van der Waals surface area contributed by atoms with Crippen LogP contribution in [0.2, 0.25) is 0 Å². The lowest BCUT2D eigenvalue weighted by Crippen LogP contribution is -2.33. The zero-order chi connectivity index (χ0) is 20.6. The minimum absolute atomic E-state index is 0.173. The Balaban J connectivity index is 1.64. The highest BCUT2D eigenvalue weighted by Gasteiger charge is 2.15. The van der Waals surface area contributed by atoms with Crippen molar-refractivity contribution in [3.8, 4) is 23.8 Å². The summed E-state index contributed by atoms with van der Waals surface area (Å²) in [6, 6.07) is 14.7. The third-order valence-corrected chi connectivity index (χ3v) is 4.66. The Kier molecular flexibility index (Phi) is 6.82. The molecular weight excluding hydrogens is 434 g/mol. The summed E-state index contributed by atoms with van der Waals surface area (Å²) in [6.45, 7) is 1.82. The van der Waals surface area contributed by atoms with E-state index in [2.05, 4.69) is 37.4 Å². The SMILES string of the molecule is C#CCOc1ccc(Br)c(/C=N\NC(=O)[C@@H](C)Oc2cccc3cccnc23)c1. The lowest BCUT2D eigenvalue weighted by atomic mass is 10.2. The fourth-order valence-electron chi connectivity index (χ4n) is 2.51. The number of ether oxygens (including phenoxy) is 2. The number of amides is 1. The van der Waals surface area contributed by atoms with E-state index in [1.54, 1.807) is 31.3 Å². The van der Waals surface area contributed by atoms with E-state index in [1.165, 1.54) is 6.21 Å². The highest BCUT2D eigenvalue weighted by Crippen LogP contribution is 2.24. The summed E-state index contributed by atoms with van der Waals surface area (Å²) in [5.74, 6) is 3.17. The molecule has 7 heteroatoms. The molecule has 2 aromatic carbocycles. The number of para-hydroxylation sites is 1. The van der Waals surface area contributed by atoms with Gasteiger partial charge in [0.05, 0.1) is 6.21 Å². The molecule has 0 aliphatic carbocycles. The molecule has 0 unspecified atom stereocenters. The molecule has 1 amide bonds. The highest BCUT2D eigenvalue weighted by molar-refractivity contribution is 9.10. The van der Waals surface area contributed by atoms with Gasteiger partial charge in [-0.3, -0.25) is 9.78 Å². The van der Waals surface area contributed by atoms with Gasteiger partial charge in [0, 0.05) is 21.6 Å². The van der Waals surface area contributed by atoms with Crippen molar-refractivity contribution in [2.75, 3.05) is 6.61 Å². The number of hydrogen-bond donors (Lipinski definition) is 1. The molecular formula is C22H18BrN3O3. The van der Waals surface area contributed by atoms with E-state index in [0.717, 1.165) is 15.4 Å². The van der Waals surface area contributed by atoms with E-state index in [0.29, 0.717) is 17.0 Å². The van der Waals surface area contributed by atoms with Crippen LogP contribution >= 0.6 is 15.9 Å². The third-order valence-electron chi connectivity index (χ3n) is 3.94. The summed E-state index contributed by atoms with van der Waals surface area (Å²) in [5.41, 5.74) is 3.91. The van der Waals surface area contributed by atoms with Crippen LogP contribution in [-0.2, 0) is 4.79 Å².